The fourth-order valence-electron chi connectivity index (χ4n) is 2.44. The Morgan fingerprint density at radius 2 is 2.33 bits per heavy atom. The van der Waals surface area contributed by atoms with Crippen molar-refractivity contribution >= 4 is 5.91 Å². The minimum Gasteiger partial charge on any atom is -0.369 e. The number of nitrogens with two attached hydrogens (primary N) is 1. The van der Waals surface area contributed by atoms with E-state index in [0.717, 1.165) is 13.1 Å². The van der Waals surface area contributed by atoms with Crippen LogP contribution in [0.5, 0.6) is 0 Å². The van der Waals surface area contributed by atoms with Gasteiger partial charge in [-0.25, -0.2) is 0 Å². The van der Waals surface area contributed by atoms with Crippen molar-refractivity contribution < 1.29 is 4.79 Å². The number of rotatable bonds is 5. The largest absolute Gasteiger partial charge is 0.369 e. The number of likely N-dealkylation sites (N-methyl/N-ethyl adjacent to an activating group) is 1. The lowest BCUT2D eigenvalue weighted by atomic mass is 9.96. The second-order valence-corrected chi connectivity index (χ2v) is 4.35. The van der Waals surface area contributed by atoms with Crippen molar-refractivity contribution in [3.8, 4) is 0 Å². The van der Waals surface area contributed by atoms with Crippen molar-refractivity contribution in [2.24, 2.45) is 5.73 Å². The van der Waals surface area contributed by atoms with Crippen LogP contribution >= 0.6 is 0 Å². The molecule has 1 amide bonds. The van der Waals surface area contributed by atoms with Gasteiger partial charge in [-0.05, 0) is 32.9 Å². The molecule has 2 unspecified atom stereocenters. The van der Waals surface area contributed by atoms with E-state index in [0.29, 0.717) is 18.6 Å². The van der Waals surface area contributed by atoms with Crippen LogP contribution in [-0.4, -0.2) is 42.5 Å². The third-order valence-corrected chi connectivity index (χ3v) is 3.13. The zero-order valence-corrected chi connectivity index (χ0v) is 9.83. The molecule has 0 aromatic carbocycles. The first-order chi connectivity index (χ1) is 7.15. The van der Waals surface area contributed by atoms with E-state index < -0.39 is 0 Å². The lowest BCUT2D eigenvalue weighted by Crippen LogP contribution is -2.53. The molecule has 1 rings (SSSR count). The molecule has 3 N–H and O–H groups in total. The van der Waals surface area contributed by atoms with E-state index in [1.165, 1.54) is 19.3 Å². The maximum absolute atomic E-state index is 11.0. The number of nitrogens with zero attached hydrogens (tertiary/aromatic N) is 1. The molecule has 4 nitrogen and oxygen atoms in total. The van der Waals surface area contributed by atoms with Crippen LogP contribution in [0.3, 0.4) is 0 Å². The van der Waals surface area contributed by atoms with E-state index >= 15 is 0 Å². The quantitative estimate of drug-likeness (QED) is 0.691. The van der Waals surface area contributed by atoms with E-state index in [4.69, 9.17) is 5.73 Å². The molecule has 88 valence electrons. The van der Waals surface area contributed by atoms with Gasteiger partial charge in [-0.3, -0.25) is 9.69 Å². The highest BCUT2D eigenvalue weighted by Gasteiger charge is 2.27. The Morgan fingerprint density at radius 1 is 1.60 bits per heavy atom. The van der Waals surface area contributed by atoms with E-state index in [1.54, 1.807) is 0 Å². The van der Waals surface area contributed by atoms with Gasteiger partial charge in [-0.2, -0.15) is 0 Å². The molecule has 1 saturated heterocycles. The molecule has 2 atom stereocenters. The highest BCUT2D eigenvalue weighted by Crippen LogP contribution is 2.19. The van der Waals surface area contributed by atoms with Gasteiger partial charge in [0.25, 0.3) is 0 Å². The van der Waals surface area contributed by atoms with Gasteiger partial charge < -0.3 is 11.1 Å². The molecule has 1 fully saturated rings. The predicted octanol–water partition coefficient (Wildman–Crippen LogP) is 0.324. The number of carbonyl (C=O) groups excluding carboxylic acids is 1. The average molecular weight is 213 g/mol. The Labute approximate surface area is 92.2 Å². The van der Waals surface area contributed by atoms with E-state index in [-0.39, 0.29) is 5.91 Å². The molecule has 0 spiro atoms. The lowest BCUT2D eigenvalue weighted by molar-refractivity contribution is -0.120. The highest BCUT2D eigenvalue weighted by atomic mass is 16.1. The molecule has 1 aliphatic rings. The molecular weight excluding hydrogens is 190 g/mol. The number of primary amides is 1. The van der Waals surface area contributed by atoms with Crippen LogP contribution in [0.4, 0.5) is 0 Å². The monoisotopic (exact) mass is 213 g/mol. The van der Waals surface area contributed by atoms with Crippen molar-refractivity contribution in [1.82, 2.24) is 10.2 Å². The van der Waals surface area contributed by atoms with Gasteiger partial charge in [-0.15, -0.1) is 0 Å². The third-order valence-electron chi connectivity index (χ3n) is 3.13. The fourth-order valence-corrected chi connectivity index (χ4v) is 2.44. The molecule has 4 heteroatoms. The Hall–Kier alpha value is -0.610. The van der Waals surface area contributed by atoms with Gasteiger partial charge in [0.05, 0.1) is 6.54 Å². The summed E-state index contributed by atoms with van der Waals surface area (Å²) in [4.78, 5) is 13.2. The summed E-state index contributed by atoms with van der Waals surface area (Å²) >= 11 is 0. The summed E-state index contributed by atoms with van der Waals surface area (Å²) < 4.78 is 0. The third kappa shape index (κ3) is 3.80. The molecule has 0 saturated carbocycles. The lowest BCUT2D eigenvalue weighted by Gasteiger charge is -2.38. The zero-order valence-electron chi connectivity index (χ0n) is 9.83. The molecule has 0 radical (unpaired) electrons. The van der Waals surface area contributed by atoms with E-state index in [2.05, 4.69) is 24.1 Å². The molecule has 0 aromatic rings. The maximum atomic E-state index is 11.0. The molecule has 0 aromatic heterocycles. The van der Waals surface area contributed by atoms with E-state index in [1.807, 2.05) is 0 Å². The zero-order chi connectivity index (χ0) is 11.3. The number of hydrogen-bond acceptors (Lipinski definition) is 3. The fraction of sp³-hybridized carbons (Fsp3) is 0.909. The molecule has 1 heterocycles. The van der Waals surface area contributed by atoms with Crippen LogP contribution in [0.15, 0.2) is 0 Å². The van der Waals surface area contributed by atoms with Gasteiger partial charge in [0.2, 0.25) is 5.91 Å². The number of nitrogens with one attached hydrogen (secondary N) is 1. The minimum atomic E-state index is -0.217. The average Bonchev–Trinajstić information content (AvgIpc) is 2.18. The number of hydrogen-bond donors (Lipinski definition) is 2. The molecule has 15 heavy (non-hydrogen) atoms. The second-order valence-electron chi connectivity index (χ2n) is 4.35. The van der Waals surface area contributed by atoms with E-state index in [9.17, 15) is 4.79 Å². The second kappa shape index (κ2) is 6.08. The summed E-state index contributed by atoms with van der Waals surface area (Å²) in [7, 11) is 0. The molecule has 1 aliphatic heterocycles. The summed E-state index contributed by atoms with van der Waals surface area (Å²) in [6.45, 7) is 6.68. The Kier molecular flexibility index (Phi) is 5.05. The molecule has 0 aliphatic carbocycles. The summed E-state index contributed by atoms with van der Waals surface area (Å²) in [6, 6.07) is 0.904. The predicted molar refractivity (Wildman–Crippen MR) is 61.5 cm³/mol. The molecule has 0 bridgehead atoms. The summed E-state index contributed by atoms with van der Waals surface area (Å²) in [5.74, 6) is -0.217. The van der Waals surface area contributed by atoms with Crippen LogP contribution < -0.4 is 11.1 Å². The van der Waals surface area contributed by atoms with Crippen LogP contribution in [0.25, 0.3) is 0 Å². The number of likely N-dealkylation sites (tertiary alicyclic amines) is 1. The molecular formula is C11H23N3O. The van der Waals surface area contributed by atoms with Crippen molar-refractivity contribution in [1.29, 1.82) is 0 Å². The first kappa shape index (κ1) is 12.5. The topological polar surface area (TPSA) is 58.4 Å². The standard InChI is InChI=1S/C11H23N3O/c1-3-13-9(2)10-6-4-5-7-14(10)8-11(12)15/h9-10,13H,3-8H2,1-2H3,(H2,12,15). The SMILES string of the molecule is CCNC(C)C1CCCCN1CC(N)=O. The first-order valence-corrected chi connectivity index (χ1v) is 5.91. The number of amides is 1. The highest BCUT2D eigenvalue weighted by molar-refractivity contribution is 5.76. The van der Waals surface area contributed by atoms with Gasteiger partial charge >= 0.3 is 0 Å². The van der Waals surface area contributed by atoms with Crippen LogP contribution in [0.2, 0.25) is 0 Å². The summed E-state index contributed by atoms with van der Waals surface area (Å²) in [5, 5.41) is 3.42. The maximum Gasteiger partial charge on any atom is 0.231 e. The number of carbonyl (C=O) groups is 1. The van der Waals surface area contributed by atoms with Gasteiger partial charge in [-0.1, -0.05) is 13.3 Å². The van der Waals surface area contributed by atoms with Gasteiger partial charge in [0.1, 0.15) is 0 Å². The van der Waals surface area contributed by atoms with Crippen molar-refractivity contribution in [2.75, 3.05) is 19.6 Å². The minimum absolute atomic E-state index is 0.217. The van der Waals surface area contributed by atoms with Crippen molar-refractivity contribution in [3.05, 3.63) is 0 Å². The Bertz CT molecular complexity index is 208. The van der Waals surface area contributed by atoms with Gasteiger partial charge in [0.15, 0.2) is 0 Å². The summed E-state index contributed by atoms with van der Waals surface area (Å²) in [5.41, 5.74) is 5.26. The van der Waals surface area contributed by atoms with Crippen LogP contribution in [0, 0.1) is 0 Å². The van der Waals surface area contributed by atoms with Crippen molar-refractivity contribution in [2.45, 2.75) is 45.2 Å². The summed E-state index contributed by atoms with van der Waals surface area (Å²) in [6.07, 6.45) is 3.61. The first-order valence-electron chi connectivity index (χ1n) is 5.91. The van der Waals surface area contributed by atoms with Crippen LogP contribution in [-0.2, 0) is 4.79 Å². The van der Waals surface area contributed by atoms with Crippen molar-refractivity contribution in [3.63, 3.8) is 0 Å². The Morgan fingerprint density at radius 3 is 2.93 bits per heavy atom. The van der Waals surface area contributed by atoms with Crippen LogP contribution in [0.1, 0.15) is 33.1 Å². The Balaban J connectivity index is 2.52. The number of piperidine rings is 1. The normalized spacial score (nSPS) is 25.1. The smallest absolute Gasteiger partial charge is 0.231 e. The van der Waals surface area contributed by atoms with Gasteiger partial charge in [0, 0.05) is 12.1 Å².